The molecule has 1 heterocycles. The van der Waals surface area contributed by atoms with Crippen LogP contribution < -0.4 is 10.0 Å². The lowest BCUT2D eigenvalue weighted by molar-refractivity contribution is 0.591. The van der Waals surface area contributed by atoms with Crippen LogP contribution in [-0.4, -0.2) is 15.5 Å². The van der Waals surface area contributed by atoms with E-state index in [0.717, 1.165) is 15.6 Å². The van der Waals surface area contributed by atoms with Crippen molar-refractivity contribution in [2.45, 2.75) is 4.21 Å². The van der Waals surface area contributed by atoms with Crippen LogP contribution in [0.3, 0.4) is 0 Å². The van der Waals surface area contributed by atoms with Crippen LogP contribution in [0.5, 0.6) is 0 Å². The Kier molecular flexibility index (Phi) is 3.27. The highest BCUT2D eigenvalue weighted by Gasteiger charge is 2.24. The van der Waals surface area contributed by atoms with E-state index < -0.39 is 15.8 Å². The standard InChI is InChI=1S/C11H11FN2O2S2/c1-14(10-5-3-2-4-9(10)12)18(15,16)11-6-8(13)7-17-11/h2-7H,13H2,1H3. The highest BCUT2D eigenvalue weighted by atomic mass is 32.2. The topological polar surface area (TPSA) is 63.4 Å². The summed E-state index contributed by atoms with van der Waals surface area (Å²) in [5, 5.41) is 1.53. The minimum atomic E-state index is -3.76. The second kappa shape index (κ2) is 4.58. The molecular formula is C11H11FN2O2S2. The van der Waals surface area contributed by atoms with Crippen molar-refractivity contribution < 1.29 is 12.8 Å². The molecule has 1 aromatic heterocycles. The molecule has 0 aliphatic rings. The van der Waals surface area contributed by atoms with E-state index in [9.17, 15) is 12.8 Å². The number of nitrogens with zero attached hydrogens (tertiary/aromatic N) is 1. The van der Waals surface area contributed by atoms with E-state index in [1.54, 1.807) is 6.07 Å². The summed E-state index contributed by atoms with van der Waals surface area (Å²) in [5.41, 5.74) is 5.88. The lowest BCUT2D eigenvalue weighted by Gasteiger charge is -2.18. The van der Waals surface area contributed by atoms with Gasteiger partial charge in [-0.2, -0.15) is 0 Å². The number of anilines is 2. The van der Waals surface area contributed by atoms with Crippen LogP contribution in [0, 0.1) is 5.82 Å². The molecule has 2 aromatic rings. The molecule has 18 heavy (non-hydrogen) atoms. The Morgan fingerprint density at radius 2 is 2.00 bits per heavy atom. The molecule has 4 nitrogen and oxygen atoms in total. The lowest BCUT2D eigenvalue weighted by Crippen LogP contribution is -2.26. The molecule has 0 saturated heterocycles. The summed E-state index contributed by atoms with van der Waals surface area (Å²) >= 11 is 1.01. The van der Waals surface area contributed by atoms with Crippen LogP contribution in [0.1, 0.15) is 0 Å². The summed E-state index contributed by atoms with van der Waals surface area (Å²) in [7, 11) is -2.45. The van der Waals surface area contributed by atoms with Gasteiger partial charge in [0.25, 0.3) is 10.0 Å². The first-order valence-electron chi connectivity index (χ1n) is 5.00. The van der Waals surface area contributed by atoms with E-state index in [0.29, 0.717) is 5.69 Å². The molecule has 0 aliphatic carbocycles. The van der Waals surface area contributed by atoms with Gasteiger partial charge in [-0.3, -0.25) is 4.31 Å². The van der Waals surface area contributed by atoms with Crippen molar-refractivity contribution in [1.82, 2.24) is 0 Å². The molecule has 2 rings (SSSR count). The van der Waals surface area contributed by atoms with Crippen LogP contribution in [0.15, 0.2) is 39.9 Å². The Balaban J connectivity index is 2.46. The smallest absolute Gasteiger partial charge is 0.273 e. The maximum Gasteiger partial charge on any atom is 0.273 e. The number of hydrogen-bond donors (Lipinski definition) is 1. The number of hydrogen-bond acceptors (Lipinski definition) is 4. The Bertz CT molecular complexity index is 667. The summed E-state index contributed by atoms with van der Waals surface area (Å²) in [5.74, 6) is -0.590. The fraction of sp³-hybridized carbons (Fsp3) is 0.0909. The van der Waals surface area contributed by atoms with E-state index in [1.807, 2.05) is 0 Å². The number of sulfonamides is 1. The zero-order chi connectivity index (χ0) is 13.3. The predicted octanol–water partition coefficient (Wildman–Crippen LogP) is 2.29. The molecule has 0 bridgehead atoms. The van der Waals surface area contributed by atoms with Gasteiger partial charge in [-0.1, -0.05) is 12.1 Å². The third kappa shape index (κ3) is 2.19. The molecule has 0 saturated carbocycles. The van der Waals surface area contributed by atoms with Gasteiger partial charge >= 0.3 is 0 Å². The van der Waals surface area contributed by atoms with Crippen LogP contribution in [0.2, 0.25) is 0 Å². The first-order chi connectivity index (χ1) is 8.43. The number of nitrogen functional groups attached to an aromatic ring is 1. The van der Waals surface area contributed by atoms with Crippen molar-refractivity contribution in [3.63, 3.8) is 0 Å². The molecule has 0 amide bonds. The van der Waals surface area contributed by atoms with Crippen molar-refractivity contribution in [3.8, 4) is 0 Å². The van der Waals surface area contributed by atoms with Gasteiger partial charge in [-0.25, -0.2) is 12.8 Å². The monoisotopic (exact) mass is 286 g/mol. The Labute approximate surface area is 109 Å². The molecule has 0 atom stereocenters. The number of nitrogens with two attached hydrogens (primary N) is 1. The van der Waals surface area contributed by atoms with Crippen LogP contribution in [0.25, 0.3) is 0 Å². The number of benzene rings is 1. The molecule has 1 aromatic carbocycles. The van der Waals surface area contributed by atoms with Gasteiger partial charge < -0.3 is 5.73 Å². The van der Waals surface area contributed by atoms with Gasteiger partial charge in [0.05, 0.1) is 5.69 Å². The minimum Gasteiger partial charge on any atom is -0.398 e. The SMILES string of the molecule is CN(c1ccccc1F)S(=O)(=O)c1cc(N)cs1. The summed E-state index contributed by atoms with van der Waals surface area (Å²) < 4.78 is 39.0. The van der Waals surface area contributed by atoms with Crippen LogP contribution >= 0.6 is 11.3 Å². The first kappa shape index (κ1) is 12.8. The van der Waals surface area contributed by atoms with Crippen LogP contribution in [-0.2, 0) is 10.0 Å². The summed E-state index contributed by atoms with van der Waals surface area (Å²) in [6, 6.07) is 7.06. The zero-order valence-corrected chi connectivity index (χ0v) is 11.1. The van der Waals surface area contributed by atoms with Crippen molar-refractivity contribution in [2.75, 3.05) is 17.1 Å². The van der Waals surface area contributed by atoms with Gasteiger partial charge in [0, 0.05) is 18.1 Å². The number of rotatable bonds is 3. The number of halogens is 1. The fourth-order valence-corrected chi connectivity index (χ4v) is 3.89. The van der Waals surface area contributed by atoms with E-state index in [2.05, 4.69) is 0 Å². The Morgan fingerprint density at radius 1 is 1.33 bits per heavy atom. The second-order valence-corrected chi connectivity index (χ2v) is 6.73. The van der Waals surface area contributed by atoms with Gasteiger partial charge in [0.1, 0.15) is 10.0 Å². The van der Waals surface area contributed by atoms with E-state index in [-0.39, 0.29) is 9.90 Å². The van der Waals surface area contributed by atoms with Gasteiger partial charge in [0.2, 0.25) is 0 Å². The van der Waals surface area contributed by atoms with Gasteiger partial charge in [-0.05, 0) is 18.2 Å². The van der Waals surface area contributed by atoms with E-state index in [1.165, 1.54) is 36.7 Å². The third-order valence-electron chi connectivity index (χ3n) is 2.40. The molecule has 0 unspecified atom stereocenters. The van der Waals surface area contributed by atoms with Crippen molar-refractivity contribution in [3.05, 3.63) is 41.5 Å². The average Bonchev–Trinajstić information content (AvgIpc) is 2.76. The van der Waals surface area contributed by atoms with Crippen molar-refractivity contribution in [1.29, 1.82) is 0 Å². The predicted molar refractivity (Wildman–Crippen MR) is 70.7 cm³/mol. The summed E-state index contributed by atoms with van der Waals surface area (Å²) in [6.07, 6.45) is 0. The minimum absolute atomic E-state index is 0.00414. The molecule has 96 valence electrons. The van der Waals surface area contributed by atoms with E-state index >= 15 is 0 Å². The highest BCUT2D eigenvalue weighted by molar-refractivity contribution is 7.94. The maximum atomic E-state index is 13.6. The molecule has 0 aliphatic heterocycles. The van der Waals surface area contributed by atoms with Gasteiger partial charge in [-0.15, -0.1) is 11.3 Å². The average molecular weight is 286 g/mol. The quantitative estimate of drug-likeness (QED) is 0.941. The molecular weight excluding hydrogens is 275 g/mol. The molecule has 2 N–H and O–H groups in total. The number of thiophene rings is 1. The Morgan fingerprint density at radius 3 is 2.56 bits per heavy atom. The fourth-order valence-electron chi connectivity index (χ4n) is 1.44. The third-order valence-corrected chi connectivity index (χ3v) is 5.61. The highest BCUT2D eigenvalue weighted by Crippen LogP contribution is 2.28. The van der Waals surface area contributed by atoms with E-state index in [4.69, 9.17) is 5.73 Å². The van der Waals surface area contributed by atoms with Crippen molar-refractivity contribution in [2.24, 2.45) is 0 Å². The maximum absolute atomic E-state index is 13.6. The molecule has 0 spiro atoms. The molecule has 7 heteroatoms. The van der Waals surface area contributed by atoms with Crippen molar-refractivity contribution >= 4 is 32.7 Å². The normalized spacial score (nSPS) is 11.4. The van der Waals surface area contributed by atoms with Crippen LogP contribution in [0.4, 0.5) is 15.8 Å². The van der Waals surface area contributed by atoms with Gasteiger partial charge in [0.15, 0.2) is 0 Å². The largest absolute Gasteiger partial charge is 0.398 e. The number of para-hydroxylation sites is 1. The first-order valence-corrected chi connectivity index (χ1v) is 7.32. The summed E-state index contributed by atoms with van der Waals surface area (Å²) in [6.45, 7) is 0. The Hall–Kier alpha value is -1.60. The molecule has 0 radical (unpaired) electrons. The second-order valence-electron chi connectivity index (χ2n) is 3.62. The zero-order valence-electron chi connectivity index (χ0n) is 9.50. The lowest BCUT2D eigenvalue weighted by atomic mass is 10.3. The molecule has 0 fully saturated rings. The summed E-state index contributed by atoms with van der Waals surface area (Å²) in [4.78, 5) is 0.